The van der Waals surface area contributed by atoms with Crippen LogP contribution in [0.1, 0.15) is 44.2 Å². The summed E-state index contributed by atoms with van der Waals surface area (Å²) in [6.45, 7) is 8.47. The van der Waals surface area contributed by atoms with Gasteiger partial charge in [-0.15, -0.1) is 0 Å². The molecule has 1 aliphatic rings. The van der Waals surface area contributed by atoms with Gasteiger partial charge in [-0.3, -0.25) is 14.5 Å². The average molecular weight is 500 g/mol. The van der Waals surface area contributed by atoms with E-state index >= 15 is 0 Å². The summed E-state index contributed by atoms with van der Waals surface area (Å²) < 4.78 is 5.18. The van der Waals surface area contributed by atoms with Gasteiger partial charge in [0.25, 0.3) is 5.91 Å². The Bertz CT molecular complexity index is 964. The fourth-order valence-corrected chi connectivity index (χ4v) is 4.65. The SMILES string of the molecule is COCC(=O)N1CCCN(Cc2ccc(Cl)cc2)CCCN(C(=O)CC(C)C)Cc2ccccc21. The van der Waals surface area contributed by atoms with Crippen molar-refractivity contribution in [3.63, 3.8) is 0 Å². The van der Waals surface area contributed by atoms with Crippen molar-refractivity contribution in [3.8, 4) is 0 Å². The molecular formula is C28H38ClN3O3. The van der Waals surface area contributed by atoms with Crippen molar-refractivity contribution in [3.05, 3.63) is 64.7 Å². The Morgan fingerprint density at radius 1 is 0.943 bits per heavy atom. The summed E-state index contributed by atoms with van der Waals surface area (Å²) in [6.07, 6.45) is 2.25. The van der Waals surface area contributed by atoms with Crippen molar-refractivity contribution in [1.82, 2.24) is 9.80 Å². The minimum Gasteiger partial charge on any atom is -0.375 e. The number of benzene rings is 2. The van der Waals surface area contributed by atoms with Crippen molar-refractivity contribution in [2.45, 2.75) is 46.2 Å². The molecule has 0 N–H and O–H groups in total. The molecule has 0 aromatic heterocycles. The maximum Gasteiger partial charge on any atom is 0.252 e. The minimum absolute atomic E-state index is 0.0266. The molecule has 6 nitrogen and oxygen atoms in total. The van der Waals surface area contributed by atoms with Gasteiger partial charge in [0.15, 0.2) is 0 Å². The van der Waals surface area contributed by atoms with E-state index in [1.165, 1.54) is 5.56 Å². The number of carbonyl (C=O) groups excluding carboxylic acids is 2. The van der Waals surface area contributed by atoms with Gasteiger partial charge in [0.05, 0.1) is 0 Å². The minimum atomic E-state index is -0.0682. The number of ether oxygens (including phenoxy) is 1. The van der Waals surface area contributed by atoms with Gasteiger partial charge in [0, 0.05) is 63.5 Å². The van der Waals surface area contributed by atoms with Crippen molar-refractivity contribution >= 4 is 29.1 Å². The fraction of sp³-hybridized carbons (Fsp3) is 0.500. The molecule has 3 rings (SSSR count). The van der Waals surface area contributed by atoms with E-state index < -0.39 is 0 Å². The monoisotopic (exact) mass is 499 g/mol. The Hall–Kier alpha value is -2.41. The standard InChI is InChI=1S/C28H38ClN3O3/c1-22(2)18-27(33)31-16-6-14-30(19-23-10-12-25(29)13-11-23)15-7-17-32(28(34)21-35-3)26-9-5-4-8-24(26)20-31/h4-5,8-13,22H,6-7,14-21H2,1-3H3. The van der Waals surface area contributed by atoms with Crippen LogP contribution in [0.5, 0.6) is 0 Å². The normalized spacial score (nSPS) is 15.9. The molecule has 0 saturated heterocycles. The first-order valence-corrected chi connectivity index (χ1v) is 12.9. The van der Waals surface area contributed by atoms with Gasteiger partial charge in [0.2, 0.25) is 5.91 Å². The highest BCUT2D eigenvalue weighted by Crippen LogP contribution is 2.24. The summed E-state index contributed by atoms with van der Waals surface area (Å²) in [5, 5.41) is 0.729. The van der Waals surface area contributed by atoms with Crippen LogP contribution >= 0.6 is 11.6 Å². The first kappa shape index (κ1) is 27.2. The number of hydrogen-bond donors (Lipinski definition) is 0. The second-order valence-electron chi connectivity index (χ2n) is 9.63. The molecule has 2 aromatic carbocycles. The number of methoxy groups -OCH3 is 1. The van der Waals surface area contributed by atoms with Crippen LogP contribution in [0.4, 0.5) is 5.69 Å². The quantitative estimate of drug-likeness (QED) is 0.562. The fourth-order valence-electron chi connectivity index (χ4n) is 4.52. The molecule has 0 atom stereocenters. The molecule has 0 unspecified atom stereocenters. The topological polar surface area (TPSA) is 53.1 Å². The first-order valence-electron chi connectivity index (χ1n) is 12.5. The predicted octanol–water partition coefficient (Wildman–Crippen LogP) is 4.99. The Labute approximate surface area is 214 Å². The number of rotatable bonds is 6. The number of hydrogen-bond acceptors (Lipinski definition) is 4. The Balaban J connectivity index is 1.88. The molecule has 7 heteroatoms. The largest absolute Gasteiger partial charge is 0.375 e. The zero-order valence-electron chi connectivity index (χ0n) is 21.2. The number of carbonyl (C=O) groups is 2. The molecule has 0 radical (unpaired) electrons. The molecule has 0 aliphatic carbocycles. The molecule has 0 bridgehead atoms. The average Bonchev–Trinajstić information content (AvgIpc) is 2.81. The molecule has 2 amide bonds. The van der Waals surface area contributed by atoms with Gasteiger partial charge in [-0.25, -0.2) is 0 Å². The van der Waals surface area contributed by atoms with Gasteiger partial charge >= 0.3 is 0 Å². The van der Waals surface area contributed by atoms with Crippen LogP contribution in [0.3, 0.4) is 0 Å². The van der Waals surface area contributed by atoms with Crippen LogP contribution in [0.15, 0.2) is 48.5 Å². The van der Waals surface area contributed by atoms with E-state index in [0.29, 0.717) is 32.0 Å². The van der Waals surface area contributed by atoms with Crippen LogP contribution in [0.25, 0.3) is 0 Å². The summed E-state index contributed by atoms with van der Waals surface area (Å²) >= 11 is 6.07. The maximum absolute atomic E-state index is 13.2. The van der Waals surface area contributed by atoms with Gasteiger partial charge < -0.3 is 14.5 Å². The smallest absolute Gasteiger partial charge is 0.252 e. The van der Waals surface area contributed by atoms with Crippen LogP contribution in [-0.4, -0.2) is 61.5 Å². The highest BCUT2D eigenvalue weighted by atomic mass is 35.5. The maximum atomic E-state index is 13.2. The molecular weight excluding hydrogens is 462 g/mol. The lowest BCUT2D eigenvalue weighted by atomic mass is 10.1. The third-order valence-electron chi connectivity index (χ3n) is 6.23. The van der Waals surface area contributed by atoms with Crippen molar-refractivity contribution in [2.24, 2.45) is 5.92 Å². The summed E-state index contributed by atoms with van der Waals surface area (Å²) in [5.41, 5.74) is 3.06. The summed E-state index contributed by atoms with van der Waals surface area (Å²) in [5.74, 6) is 0.382. The second kappa shape index (κ2) is 13.6. The summed E-state index contributed by atoms with van der Waals surface area (Å²) in [6, 6.07) is 15.9. The lowest BCUT2D eigenvalue weighted by Gasteiger charge is -2.32. The number of nitrogens with zero attached hydrogens (tertiary/aromatic N) is 3. The third kappa shape index (κ3) is 8.34. The van der Waals surface area contributed by atoms with E-state index in [2.05, 4.69) is 30.9 Å². The zero-order chi connectivity index (χ0) is 25.2. The Morgan fingerprint density at radius 2 is 1.63 bits per heavy atom. The van der Waals surface area contributed by atoms with E-state index in [0.717, 1.165) is 48.7 Å². The first-order chi connectivity index (χ1) is 16.9. The van der Waals surface area contributed by atoms with Gasteiger partial charge in [0.1, 0.15) is 6.61 Å². The molecule has 35 heavy (non-hydrogen) atoms. The molecule has 1 heterocycles. The molecule has 2 aromatic rings. The van der Waals surface area contributed by atoms with Crippen molar-refractivity contribution < 1.29 is 14.3 Å². The van der Waals surface area contributed by atoms with Gasteiger partial charge in [-0.1, -0.05) is 55.8 Å². The van der Waals surface area contributed by atoms with Crippen LogP contribution in [-0.2, 0) is 27.4 Å². The Kier molecular flexibility index (Phi) is 10.6. The number of para-hydroxylation sites is 1. The zero-order valence-corrected chi connectivity index (χ0v) is 22.0. The number of anilines is 1. The molecule has 190 valence electrons. The van der Waals surface area contributed by atoms with E-state index in [1.807, 2.05) is 46.2 Å². The highest BCUT2D eigenvalue weighted by Gasteiger charge is 2.23. The van der Waals surface area contributed by atoms with Crippen molar-refractivity contribution in [2.75, 3.05) is 44.8 Å². The van der Waals surface area contributed by atoms with Gasteiger partial charge in [-0.05, 0) is 48.1 Å². The molecule has 0 spiro atoms. The lowest BCUT2D eigenvalue weighted by molar-refractivity contribution is -0.132. The predicted molar refractivity (Wildman–Crippen MR) is 142 cm³/mol. The van der Waals surface area contributed by atoms with E-state index in [1.54, 1.807) is 7.11 Å². The van der Waals surface area contributed by atoms with E-state index in [4.69, 9.17) is 16.3 Å². The van der Waals surface area contributed by atoms with Crippen LogP contribution in [0, 0.1) is 5.92 Å². The number of halogens is 1. The van der Waals surface area contributed by atoms with Crippen LogP contribution < -0.4 is 4.90 Å². The number of amides is 2. The highest BCUT2D eigenvalue weighted by molar-refractivity contribution is 6.30. The van der Waals surface area contributed by atoms with Crippen molar-refractivity contribution in [1.29, 1.82) is 0 Å². The molecule has 0 saturated carbocycles. The summed E-state index contributed by atoms with van der Waals surface area (Å²) in [7, 11) is 1.54. The van der Waals surface area contributed by atoms with Crippen LogP contribution in [0.2, 0.25) is 5.02 Å². The third-order valence-corrected chi connectivity index (χ3v) is 6.48. The molecule has 1 aliphatic heterocycles. The summed E-state index contributed by atoms with van der Waals surface area (Å²) in [4.78, 5) is 32.4. The number of fused-ring (bicyclic) bond motifs is 1. The van der Waals surface area contributed by atoms with Gasteiger partial charge in [-0.2, -0.15) is 0 Å². The Morgan fingerprint density at radius 3 is 2.31 bits per heavy atom. The van der Waals surface area contributed by atoms with E-state index in [9.17, 15) is 9.59 Å². The second-order valence-corrected chi connectivity index (χ2v) is 10.1. The van der Waals surface area contributed by atoms with E-state index in [-0.39, 0.29) is 18.4 Å². The lowest BCUT2D eigenvalue weighted by Crippen LogP contribution is -2.40. The molecule has 0 fully saturated rings.